The van der Waals surface area contributed by atoms with Crippen molar-refractivity contribution in [3.63, 3.8) is 0 Å². The van der Waals surface area contributed by atoms with Gasteiger partial charge in [-0.2, -0.15) is 0 Å². The Morgan fingerprint density at radius 2 is 1.75 bits per heavy atom. The lowest BCUT2D eigenvalue weighted by molar-refractivity contribution is -0.141. The average Bonchev–Trinajstić information content (AvgIpc) is 2.42. The van der Waals surface area contributed by atoms with Crippen LogP contribution < -0.4 is 0 Å². The number of carbonyl (C=O) groups excluding carboxylic acids is 2. The van der Waals surface area contributed by atoms with Gasteiger partial charge in [0.25, 0.3) is 0 Å². The molecule has 5 heteroatoms. The summed E-state index contributed by atoms with van der Waals surface area (Å²) in [5, 5.41) is 0.0801. The third-order valence-corrected chi connectivity index (χ3v) is 3.74. The first kappa shape index (κ1) is 17.0. The minimum absolute atomic E-state index is 0.0801. The monoisotopic (exact) mass is 302 g/mol. The minimum Gasteiger partial charge on any atom is -0.462 e. The van der Waals surface area contributed by atoms with Crippen LogP contribution in [-0.2, 0) is 19.1 Å². The van der Waals surface area contributed by atoms with Crippen LogP contribution in [0.15, 0.2) is 12.2 Å². The van der Waals surface area contributed by atoms with Gasteiger partial charge in [0.15, 0.2) is 0 Å². The number of esters is 2. The molecule has 0 spiro atoms. The van der Waals surface area contributed by atoms with Crippen LogP contribution in [0.1, 0.15) is 39.5 Å². The van der Waals surface area contributed by atoms with Gasteiger partial charge >= 0.3 is 11.9 Å². The van der Waals surface area contributed by atoms with Crippen LogP contribution in [0.5, 0.6) is 0 Å². The molecule has 4 nitrogen and oxygen atoms in total. The highest BCUT2D eigenvalue weighted by atomic mass is 35.5. The Labute approximate surface area is 125 Å². The highest BCUT2D eigenvalue weighted by Gasteiger charge is 2.24. The quantitative estimate of drug-likeness (QED) is 0.430. The predicted molar refractivity (Wildman–Crippen MR) is 77.5 cm³/mol. The summed E-state index contributed by atoms with van der Waals surface area (Å²) >= 11 is 6.18. The molecule has 0 aromatic heterocycles. The van der Waals surface area contributed by atoms with E-state index in [4.69, 9.17) is 21.1 Å². The van der Waals surface area contributed by atoms with Crippen molar-refractivity contribution in [1.29, 1.82) is 0 Å². The average molecular weight is 303 g/mol. The van der Waals surface area contributed by atoms with E-state index in [0.717, 1.165) is 37.8 Å². The van der Waals surface area contributed by atoms with Gasteiger partial charge in [0.2, 0.25) is 0 Å². The number of ether oxygens (including phenoxy) is 2. The third kappa shape index (κ3) is 6.94. The van der Waals surface area contributed by atoms with Crippen molar-refractivity contribution in [3.8, 4) is 0 Å². The van der Waals surface area contributed by atoms with Gasteiger partial charge in [-0.3, -0.25) is 0 Å². The number of alkyl halides is 1. The lowest BCUT2D eigenvalue weighted by atomic mass is 9.89. The van der Waals surface area contributed by atoms with E-state index in [1.165, 1.54) is 0 Å². The van der Waals surface area contributed by atoms with Crippen LogP contribution in [0.2, 0.25) is 0 Å². The largest absolute Gasteiger partial charge is 0.462 e. The van der Waals surface area contributed by atoms with Gasteiger partial charge in [-0.05, 0) is 18.8 Å². The summed E-state index contributed by atoms with van der Waals surface area (Å²) in [5.41, 5.74) is 0. The van der Waals surface area contributed by atoms with Crippen molar-refractivity contribution in [2.24, 2.45) is 11.8 Å². The van der Waals surface area contributed by atoms with Gasteiger partial charge in [-0.25, -0.2) is 9.59 Å². The van der Waals surface area contributed by atoms with Gasteiger partial charge in [-0.1, -0.05) is 26.7 Å². The minimum atomic E-state index is -0.527. The van der Waals surface area contributed by atoms with Crippen LogP contribution in [0, 0.1) is 11.8 Å². The second-order valence-electron chi connectivity index (χ2n) is 5.55. The normalized spacial score (nSPS) is 23.0. The van der Waals surface area contributed by atoms with Crippen LogP contribution in [-0.4, -0.2) is 30.5 Å². The first-order valence-corrected chi connectivity index (χ1v) is 7.58. The van der Waals surface area contributed by atoms with Gasteiger partial charge in [0, 0.05) is 23.4 Å². The molecule has 0 aromatic carbocycles. The molecule has 0 amide bonds. The van der Waals surface area contributed by atoms with Gasteiger partial charge in [-0.15, -0.1) is 11.6 Å². The number of carbonyl (C=O) groups is 2. The third-order valence-electron chi connectivity index (χ3n) is 3.17. The molecule has 0 heterocycles. The molecule has 2 unspecified atom stereocenters. The molecule has 0 bridgehead atoms. The zero-order valence-electron chi connectivity index (χ0n) is 12.1. The summed E-state index contributed by atoms with van der Waals surface area (Å²) in [6.45, 7) is 4.54. The number of hydrogen-bond acceptors (Lipinski definition) is 4. The van der Waals surface area contributed by atoms with Crippen molar-refractivity contribution in [2.45, 2.75) is 44.9 Å². The topological polar surface area (TPSA) is 52.6 Å². The standard InChI is InChI=1S/C15H23ClO4/c1-11(2)9-19-14(17)7-8-15(18)20-10-12-5-3-4-6-13(12)16/h7-8,11-13H,3-6,9-10H2,1-2H3/b8-7+. The van der Waals surface area contributed by atoms with Crippen LogP contribution in [0.3, 0.4) is 0 Å². The molecule has 1 rings (SSSR count). The van der Waals surface area contributed by atoms with Crippen molar-refractivity contribution in [3.05, 3.63) is 12.2 Å². The fourth-order valence-corrected chi connectivity index (χ4v) is 2.37. The highest BCUT2D eigenvalue weighted by Crippen LogP contribution is 2.28. The zero-order chi connectivity index (χ0) is 15.0. The predicted octanol–water partition coefficient (Wildman–Crippen LogP) is 3.08. The van der Waals surface area contributed by atoms with E-state index < -0.39 is 11.9 Å². The van der Waals surface area contributed by atoms with E-state index in [0.29, 0.717) is 13.2 Å². The molecule has 1 aliphatic rings. The molecule has 0 aromatic rings. The maximum atomic E-state index is 11.5. The maximum Gasteiger partial charge on any atom is 0.331 e. The van der Waals surface area contributed by atoms with E-state index in [1.54, 1.807) is 0 Å². The van der Waals surface area contributed by atoms with Crippen LogP contribution >= 0.6 is 11.6 Å². The number of hydrogen-bond donors (Lipinski definition) is 0. The van der Waals surface area contributed by atoms with E-state index in [1.807, 2.05) is 13.8 Å². The molecule has 1 fully saturated rings. The van der Waals surface area contributed by atoms with E-state index in [2.05, 4.69) is 0 Å². The van der Waals surface area contributed by atoms with Gasteiger partial charge in [0.05, 0.1) is 13.2 Å². The molecule has 0 radical (unpaired) electrons. The maximum absolute atomic E-state index is 11.5. The fourth-order valence-electron chi connectivity index (χ4n) is 2.02. The SMILES string of the molecule is CC(C)COC(=O)/C=C/C(=O)OCC1CCCCC1Cl. The molecule has 0 N–H and O–H groups in total. The summed E-state index contributed by atoms with van der Waals surface area (Å²) < 4.78 is 10.0. The zero-order valence-corrected chi connectivity index (χ0v) is 12.9. The first-order valence-electron chi connectivity index (χ1n) is 7.14. The molecule has 20 heavy (non-hydrogen) atoms. The summed E-state index contributed by atoms with van der Waals surface area (Å²) in [7, 11) is 0. The molecular formula is C15H23ClO4. The second kappa shape index (κ2) is 9.01. The summed E-state index contributed by atoms with van der Waals surface area (Å²) in [6.07, 6.45) is 6.43. The summed E-state index contributed by atoms with van der Waals surface area (Å²) in [5.74, 6) is -0.564. The Bertz CT molecular complexity index is 352. The Morgan fingerprint density at radius 3 is 2.35 bits per heavy atom. The fraction of sp³-hybridized carbons (Fsp3) is 0.733. The molecule has 0 aliphatic heterocycles. The van der Waals surface area contributed by atoms with Crippen LogP contribution in [0.4, 0.5) is 0 Å². The van der Waals surface area contributed by atoms with Crippen molar-refractivity contribution >= 4 is 23.5 Å². The summed E-state index contributed by atoms with van der Waals surface area (Å²) in [4.78, 5) is 22.7. The Morgan fingerprint density at radius 1 is 1.15 bits per heavy atom. The molecule has 114 valence electrons. The Kier molecular flexibility index (Phi) is 7.67. The van der Waals surface area contributed by atoms with Gasteiger partial charge < -0.3 is 9.47 Å². The smallest absolute Gasteiger partial charge is 0.331 e. The number of rotatable bonds is 6. The van der Waals surface area contributed by atoms with Crippen molar-refractivity contribution in [2.75, 3.05) is 13.2 Å². The van der Waals surface area contributed by atoms with Crippen molar-refractivity contribution in [1.82, 2.24) is 0 Å². The lowest BCUT2D eigenvalue weighted by Crippen LogP contribution is -2.25. The first-order chi connectivity index (χ1) is 9.49. The Balaban J connectivity index is 2.23. The lowest BCUT2D eigenvalue weighted by Gasteiger charge is -2.26. The van der Waals surface area contributed by atoms with E-state index >= 15 is 0 Å². The molecule has 0 saturated heterocycles. The van der Waals surface area contributed by atoms with Crippen LogP contribution in [0.25, 0.3) is 0 Å². The molecular weight excluding hydrogens is 280 g/mol. The number of halogens is 1. The van der Waals surface area contributed by atoms with E-state index in [9.17, 15) is 9.59 Å². The summed E-state index contributed by atoms with van der Waals surface area (Å²) in [6, 6.07) is 0. The highest BCUT2D eigenvalue weighted by molar-refractivity contribution is 6.20. The Hall–Kier alpha value is -1.03. The molecule has 2 atom stereocenters. The second-order valence-corrected chi connectivity index (χ2v) is 6.11. The van der Waals surface area contributed by atoms with Crippen molar-refractivity contribution < 1.29 is 19.1 Å². The molecule has 1 saturated carbocycles. The van der Waals surface area contributed by atoms with Gasteiger partial charge in [0.1, 0.15) is 0 Å². The molecule has 1 aliphatic carbocycles. The van der Waals surface area contributed by atoms with E-state index in [-0.39, 0.29) is 17.2 Å².